The van der Waals surface area contributed by atoms with E-state index in [-0.39, 0.29) is 48.4 Å². The molecule has 1 aliphatic heterocycles. The first-order valence-electron chi connectivity index (χ1n) is 12.0. The summed E-state index contributed by atoms with van der Waals surface area (Å²) in [4.78, 5) is 13.7. The molecule has 0 unspecified atom stereocenters. The van der Waals surface area contributed by atoms with Crippen molar-refractivity contribution in [3.05, 3.63) is 53.8 Å². The highest BCUT2D eigenvalue weighted by molar-refractivity contribution is 7.91. The summed E-state index contributed by atoms with van der Waals surface area (Å²) >= 11 is 0. The molecule has 7 nitrogen and oxygen atoms in total. The van der Waals surface area contributed by atoms with Crippen LogP contribution >= 0.6 is 0 Å². The zero-order valence-corrected chi connectivity index (χ0v) is 21.4. The molecule has 9 heteroatoms. The molecule has 0 spiro atoms. The first-order chi connectivity index (χ1) is 16.6. The van der Waals surface area contributed by atoms with Gasteiger partial charge < -0.3 is 20.1 Å². The van der Waals surface area contributed by atoms with E-state index in [1.165, 1.54) is 12.1 Å². The Hall–Kier alpha value is -2.65. The summed E-state index contributed by atoms with van der Waals surface area (Å²) in [5.74, 6) is -1.25. The van der Waals surface area contributed by atoms with E-state index in [9.17, 15) is 22.7 Å². The Kier molecular flexibility index (Phi) is 9.13. The van der Waals surface area contributed by atoms with Crippen LogP contribution in [0.15, 0.2) is 42.5 Å². The van der Waals surface area contributed by atoms with Crippen LogP contribution in [0.25, 0.3) is 0 Å². The van der Waals surface area contributed by atoms with E-state index in [2.05, 4.69) is 10.2 Å². The summed E-state index contributed by atoms with van der Waals surface area (Å²) in [5, 5.41) is 12.8. The fraction of sp³-hybridized carbons (Fsp3) is 0.500. The number of carboxylic acids is 1. The van der Waals surface area contributed by atoms with Gasteiger partial charge in [-0.05, 0) is 75.6 Å². The largest absolute Gasteiger partial charge is 0.481 e. The quantitative estimate of drug-likeness (QED) is 0.445. The number of hydrogen-bond acceptors (Lipinski definition) is 6. The normalized spacial score (nSPS) is 16.7. The van der Waals surface area contributed by atoms with Gasteiger partial charge in [0.25, 0.3) is 0 Å². The minimum Gasteiger partial charge on any atom is -0.481 e. The standard InChI is InChI=1S/C26H35FN2O5S/c1-4-29(23-11-13-35(32,33)14-12-23)25-10-5-19(20(16-26(30)31)17-34-18(2)3)15-24(25)28-22-8-6-21(27)7-9-22/h5-10,15,18,20,23,28H,4,11-14,16-17H2,1-3H3,(H,30,31)/t20-/m1/s1. The molecule has 0 amide bonds. The summed E-state index contributed by atoms with van der Waals surface area (Å²) in [6, 6.07) is 11.9. The first-order valence-corrected chi connectivity index (χ1v) is 13.9. The number of carboxylic acid groups (broad SMARTS) is 1. The summed E-state index contributed by atoms with van der Waals surface area (Å²) in [6.07, 6.45) is 1.01. The van der Waals surface area contributed by atoms with Crippen molar-refractivity contribution >= 4 is 32.9 Å². The topological polar surface area (TPSA) is 95.9 Å². The molecule has 1 saturated heterocycles. The van der Waals surface area contributed by atoms with Crippen LogP contribution in [-0.2, 0) is 19.4 Å². The van der Waals surface area contributed by atoms with Gasteiger partial charge in [-0.15, -0.1) is 0 Å². The van der Waals surface area contributed by atoms with Gasteiger partial charge in [0.1, 0.15) is 15.7 Å². The summed E-state index contributed by atoms with van der Waals surface area (Å²) in [5.41, 5.74) is 3.16. The summed E-state index contributed by atoms with van der Waals surface area (Å²) < 4.78 is 43.2. The molecule has 0 saturated carbocycles. The molecule has 0 bridgehead atoms. The maximum absolute atomic E-state index is 13.5. The van der Waals surface area contributed by atoms with Crippen molar-refractivity contribution in [2.75, 3.05) is 34.9 Å². The Morgan fingerprint density at radius 3 is 2.40 bits per heavy atom. The van der Waals surface area contributed by atoms with Crippen LogP contribution in [0.4, 0.5) is 21.5 Å². The van der Waals surface area contributed by atoms with E-state index in [4.69, 9.17) is 4.74 Å². The number of benzene rings is 2. The second kappa shape index (κ2) is 11.9. The number of ether oxygens (including phenoxy) is 1. The van der Waals surface area contributed by atoms with Crippen LogP contribution < -0.4 is 10.2 Å². The molecule has 2 aromatic carbocycles. The number of anilines is 3. The molecule has 0 aromatic heterocycles. The van der Waals surface area contributed by atoms with Gasteiger partial charge in [-0.3, -0.25) is 4.79 Å². The molecular formula is C26H35FN2O5S. The van der Waals surface area contributed by atoms with Gasteiger partial charge in [0.2, 0.25) is 0 Å². The molecule has 35 heavy (non-hydrogen) atoms. The third-order valence-corrected chi connectivity index (χ3v) is 8.00. The van der Waals surface area contributed by atoms with E-state index in [1.54, 1.807) is 12.1 Å². The molecule has 2 aromatic rings. The maximum Gasteiger partial charge on any atom is 0.304 e. The predicted octanol–water partition coefficient (Wildman–Crippen LogP) is 4.96. The smallest absolute Gasteiger partial charge is 0.304 e. The number of sulfone groups is 1. The van der Waals surface area contributed by atoms with E-state index in [0.29, 0.717) is 25.1 Å². The van der Waals surface area contributed by atoms with Crippen LogP contribution in [-0.4, -0.2) is 56.3 Å². The number of nitrogens with one attached hydrogen (secondary N) is 1. The van der Waals surface area contributed by atoms with Crippen LogP contribution in [0.2, 0.25) is 0 Å². The van der Waals surface area contributed by atoms with Crippen molar-refractivity contribution in [3.8, 4) is 0 Å². The van der Waals surface area contributed by atoms with Crippen LogP contribution in [0.5, 0.6) is 0 Å². The zero-order chi connectivity index (χ0) is 25.6. The van der Waals surface area contributed by atoms with Crippen molar-refractivity contribution < 1.29 is 27.4 Å². The van der Waals surface area contributed by atoms with Crippen molar-refractivity contribution in [2.24, 2.45) is 0 Å². The molecule has 3 rings (SSSR count). The van der Waals surface area contributed by atoms with Gasteiger partial charge in [0.05, 0.1) is 42.0 Å². The highest BCUT2D eigenvalue weighted by atomic mass is 32.2. The zero-order valence-electron chi connectivity index (χ0n) is 20.5. The van der Waals surface area contributed by atoms with Gasteiger partial charge in [-0.25, -0.2) is 12.8 Å². The lowest BCUT2D eigenvalue weighted by atomic mass is 9.94. The SMILES string of the molecule is CCN(c1ccc([C@@H](COC(C)C)CC(=O)O)cc1Nc1ccc(F)cc1)C1CCS(=O)(=O)CC1. The van der Waals surface area contributed by atoms with Crippen LogP contribution in [0, 0.1) is 5.82 Å². The Bertz CT molecular complexity index is 1090. The van der Waals surface area contributed by atoms with Crippen molar-refractivity contribution in [1.82, 2.24) is 0 Å². The lowest BCUT2D eigenvalue weighted by Gasteiger charge is -2.37. The molecule has 2 N–H and O–H groups in total. The average Bonchev–Trinajstić information content (AvgIpc) is 2.80. The van der Waals surface area contributed by atoms with E-state index in [0.717, 1.165) is 16.9 Å². The van der Waals surface area contributed by atoms with E-state index < -0.39 is 15.8 Å². The maximum atomic E-state index is 13.5. The molecule has 1 heterocycles. The van der Waals surface area contributed by atoms with Crippen molar-refractivity contribution in [2.45, 2.75) is 58.1 Å². The number of halogens is 1. The fourth-order valence-electron chi connectivity index (χ4n) is 4.45. The highest BCUT2D eigenvalue weighted by Crippen LogP contribution is 2.36. The molecule has 192 valence electrons. The van der Waals surface area contributed by atoms with Crippen LogP contribution in [0.1, 0.15) is 51.5 Å². The van der Waals surface area contributed by atoms with Crippen molar-refractivity contribution in [3.63, 3.8) is 0 Å². The Morgan fingerprint density at radius 2 is 1.83 bits per heavy atom. The average molecular weight is 507 g/mol. The minimum atomic E-state index is -2.99. The third kappa shape index (κ3) is 7.67. The Labute approximate surface area is 207 Å². The molecule has 0 radical (unpaired) electrons. The molecule has 1 atom stereocenters. The van der Waals surface area contributed by atoms with Crippen LogP contribution in [0.3, 0.4) is 0 Å². The van der Waals surface area contributed by atoms with Gasteiger partial charge in [-0.1, -0.05) is 6.07 Å². The Morgan fingerprint density at radius 1 is 1.17 bits per heavy atom. The Balaban J connectivity index is 1.99. The monoisotopic (exact) mass is 506 g/mol. The number of aliphatic carboxylic acids is 1. The second-order valence-electron chi connectivity index (χ2n) is 9.25. The predicted molar refractivity (Wildman–Crippen MR) is 137 cm³/mol. The summed E-state index contributed by atoms with van der Waals surface area (Å²) in [6.45, 7) is 6.80. The summed E-state index contributed by atoms with van der Waals surface area (Å²) in [7, 11) is -2.99. The van der Waals surface area contributed by atoms with Gasteiger partial charge in [0.15, 0.2) is 0 Å². The first kappa shape index (κ1) is 26.9. The van der Waals surface area contributed by atoms with Crippen molar-refractivity contribution in [1.29, 1.82) is 0 Å². The van der Waals surface area contributed by atoms with E-state index >= 15 is 0 Å². The lowest BCUT2D eigenvalue weighted by Crippen LogP contribution is -2.41. The fourth-order valence-corrected chi connectivity index (χ4v) is 5.92. The van der Waals surface area contributed by atoms with Gasteiger partial charge >= 0.3 is 5.97 Å². The highest BCUT2D eigenvalue weighted by Gasteiger charge is 2.29. The van der Waals surface area contributed by atoms with Gasteiger partial charge in [-0.2, -0.15) is 0 Å². The molecule has 0 aliphatic carbocycles. The lowest BCUT2D eigenvalue weighted by molar-refractivity contribution is -0.138. The number of rotatable bonds is 11. The van der Waals surface area contributed by atoms with E-state index in [1.807, 2.05) is 39.0 Å². The number of nitrogens with zero attached hydrogens (tertiary/aromatic N) is 1. The molecular weight excluding hydrogens is 471 g/mol. The molecule has 1 aliphatic rings. The molecule has 1 fully saturated rings. The van der Waals surface area contributed by atoms with Gasteiger partial charge in [0, 0.05) is 24.2 Å². The minimum absolute atomic E-state index is 0.0273. The second-order valence-corrected chi connectivity index (χ2v) is 11.6. The third-order valence-electron chi connectivity index (χ3n) is 6.28. The number of hydrogen-bond donors (Lipinski definition) is 2. The number of carbonyl (C=O) groups is 1.